The molecule has 0 amide bonds. The van der Waals surface area contributed by atoms with Crippen molar-refractivity contribution in [3.63, 3.8) is 0 Å². The predicted molar refractivity (Wildman–Crippen MR) is 136 cm³/mol. The van der Waals surface area contributed by atoms with Crippen LogP contribution in [0.1, 0.15) is 52.9 Å². The Morgan fingerprint density at radius 3 is 2.51 bits per heavy atom. The Kier molecular flexibility index (Phi) is 5.85. The normalized spacial score (nSPS) is 44.8. The summed E-state index contributed by atoms with van der Waals surface area (Å²) in [6, 6.07) is 0. The monoisotopic (exact) mass is 508 g/mol. The molecule has 0 bridgehead atoms. The van der Waals surface area contributed by atoms with E-state index in [1.165, 1.54) is 0 Å². The lowest BCUT2D eigenvalue weighted by molar-refractivity contribution is -0.164. The second-order valence-corrected chi connectivity index (χ2v) is 12.2. The van der Waals surface area contributed by atoms with Crippen LogP contribution in [-0.4, -0.2) is 51.3 Å². The summed E-state index contributed by atoms with van der Waals surface area (Å²) in [6.07, 6.45) is 6.34. The fourth-order valence-corrected chi connectivity index (χ4v) is 7.25. The Hall–Kier alpha value is -2.77. The van der Waals surface area contributed by atoms with Crippen LogP contribution in [0.2, 0.25) is 0 Å². The highest BCUT2D eigenvalue weighted by Gasteiger charge is 2.61. The van der Waals surface area contributed by atoms with E-state index in [2.05, 4.69) is 26.7 Å². The maximum atomic E-state index is 13.3. The number of aliphatic hydroxyl groups is 2. The molecule has 37 heavy (non-hydrogen) atoms. The molecular weight excluding hydrogens is 472 g/mol. The highest BCUT2D eigenvalue weighted by molar-refractivity contribution is 6.05. The van der Waals surface area contributed by atoms with Crippen molar-refractivity contribution in [2.24, 2.45) is 29.1 Å². The molecule has 0 unspecified atom stereocenters. The van der Waals surface area contributed by atoms with E-state index < -0.39 is 41.3 Å². The zero-order valence-corrected chi connectivity index (χ0v) is 21.8. The minimum atomic E-state index is -1.62. The van der Waals surface area contributed by atoms with Crippen molar-refractivity contribution in [1.29, 1.82) is 0 Å². The van der Waals surface area contributed by atoms with Crippen LogP contribution in [-0.2, 0) is 23.9 Å². The summed E-state index contributed by atoms with van der Waals surface area (Å²) >= 11 is 0. The number of hydrogen-bond acceptors (Lipinski definition) is 7. The maximum Gasteiger partial charge on any atom is 0.334 e. The van der Waals surface area contributed by atoms with E-state index >= 15 is 0 Å². The lowest BCUT2D eigenvalue weighted by Gasteiger charge is -2.45. The van der Waals surface area contributed by atoms with Crippen LogP contribution in [0.25, 0.3) is 0 Å². The van der Waals surface area contributed by atoms with Crippen molar-refractivity contribution in [2.45, 2.75) is 76.3 Å². The van der Waals surface area contributed by atoms with Crippen molar-refractivity contribution >= 4 is 17.7 Å². The number of hydrogen-bond donors (Lipinski definition) is 2. The Morgan fingerprint density at radius 1 is 1.11 bits per heavy atom. The molecule has 3 fully saturated rings. The van der Waals surface area contributed by atoms with Gasteiger partial charge in [-0.3, -0.25) is 4.79 Å². The highest BCUT2D eigenvalue weighted by Crippen LogP contribution is 2.54. The molecule has 0 radical (unpaired) electrons. The van der Waals surface area contributed by atoms with Crippen molar-refractivity contribution < 1.29 is 34.1 Å². The van der Waals surface area contributed by atoms with Gasteiger partial charge in [-0.1, -0.05) is 32.7 Å². The minimum Gasteiger partial charge on any atom is -0.458 e. The van der Waals surface area contributed by atoms with Crippen LogP contribution < -0.4 is 0 Å². The van der Waals surface area contributed by atoms with E-state index in [0.717, 1.165) is 6.42 Å². The number of esters is 2. The van der Waals surface area contributed by atoms with Crippen LogP contribution >= 0.6 is 0 Å². The summed E-state index contributed by atoms with van der Waals surface area (Å²) in [4.78, 5) is 37.8. The average Bonchev–Trinajstić information content (AvgIpc) is 3.21. The SMILES string of the molecule is C=C(C(=O)O[C@H]1C=C2[C@@H]([C@H]3OC(=O)C(=C)[C@@H]3CC[C@]2(C)O)[C@@]1(C)O)[C@@H]1CC[C@@]2(C)C=CC(=O)C(=C)[C@@H]2C1. The fourth-order valence-electron chi connectivity index (χ4n) is 7.25. The Morgan fingerprint density at radius 2 is 1.81 bits per heavy atom. The molecule has 2 saturated carbocycles. The van der Waals surface area contributed by atoms with Crippen LogP contribution in [0.4, 0.5) is 0 Å². The quantitative estimate of drug-likeness (QED) is 0.341. The van der Waals surface area contributed by atoms with Gasteiger partial charge < -0.3 is 19.7 Å². The molecule has 198 valence electrons. The topological polar surface area (TPSA) is 110 Å². The lowest BCUT2D eigenvalue weighted by Crippen LogP contribution is -2.50. The lowest BCUT2D eigenvalue weighted by atomic mass is 9.58. The van der Waals surface area contributed by atoms with Gasteiger partial charge >= 0.3 is 11.9 Å². The predicted octanol–water partition coefficient (Wildman–Crippen LogP) is 3.52. The summed E-state index contributed by atoms with van der Waals surface area (Å²) in [5, 5.41) is 22.9. The van der Waals surface area contributed by atoms with Crippen molar-refractivity contribution in [2.75, 3.05) is 0 Å². The van der Waals surface area contributed by atoms with Crippen LogP contribution in [0.5, 0.6) is 0 Å². The second kappa shape index (κ2) is 8.37. The van der Waals surface area contributed by atoms with Crippen LogP contribution in [0.3, 0.4) is 0 Å². The molecule has 0 spiro atoms. The smallest absolute Gasteiger partial charge is 0.334 e. The third-order valence-electron chi connectivity index (χ3n) is 9.80. The van der Waals surface area contributed by atoms with Gasteiger partial charge in [-0.2, -0.15) is 0 Å². The molecule has 0 aromatic heterocycles. The molecule has 4 aliphatic carbocycles. The van der Waals surface area contributed by atoms with Gasteiger partial charge in [-0.25, -0.2) is 9.59 Å². The first kappa shape index (κ1) is 25.9. The Balaban J connectivity index is 1.36. The third kappa shape index (κ3) is 3.89. The molecule has 1 heterocycles. The van der Waals surface area contributed by atoms with Gasteiger partial charge in [0.25, 0.3) is 0 Å². The summed E-state index contributed by atoms with van der Waals surface area (Å²) in [7, 11) is 0. The Labute approximate surface area is 217 Å². The summed E-state index contributed by atoms with van der Waals surface area (Å²) in [5.74, 6) is -2.54. The standard InChI is InChI=1S/C30H36O7/c1-15(18-7-10-28(4)11-9-22(31)17(3)20(28)13-18)26(32)36-23-14-21-24(30(23,6)35)25-19(8-12-29(21,5)34)16(2)27(33)37-25/h9,11,14,18-20,23-25,34-35H,1-3,7-8,10,12-13H2,4-6H3/t18-,19+,20+,23+,24+,25+,28+,29+,30+/m1/s1. The van der Waals surface area contributed by atoms with Gasteiger partial charge in [0.15, 0.2) is 5.78 Å². The third-order valence-corrected chi connectivity index (χ3v) is 9.80. The second-order valence-electron chi connectivity index (χ2n) is 12.2. The van der Waals surface area contributed by atoms with E-state index in [0.29, 0.717) is 48.0 Å². The molecule has 1 aliphatic heterocycles. The van der Waals surface area contributed by atoms with Crippen molar-refractivity contribution in [3.05, 3.63) is 60.3 Å². The molecule has 0 aromatic rings. The van der Waals surface area contributed by atoms with E-state index in [4.69, 9.17) is 9.47 Å². The molecule has 2 N–H and O–H groups in total. The molecule has 9 atom stereocenters. The number of fused-ring (bicyclic) bond motifs is 4. The number of allylic oxidation sites excluding steroid dienone is 3. The molecule has 5 aliphatic rings. The maximum absolute atomic E-state index is 13.3. The van der Waals surface area contributed by atoms with Gasteiger partial charge in [0.1, 0.15) is 17.8 Å². The van der Waals surface area contributed by atoms with E-state index in [1.54, 1.807) is 26.0 Å². The van der Waals surface area contributed by atoms with Gasteiger partial charge in [0.05, 0.1) is 11.5 Å². The van der Waals surface area contributed by atoms with E-state index in [1.807, 2.05) is 6.08 Å². The van der Waals surface area contributed by atoms with Gasteiger partial charge in [0, 0.05) is 17.1 Å². The zero-order valence-electron chi connectivity index (χ0n) is 21.8. The van der Waals surface area contributed by atoms with Gasteiger partial charge in [0.2, 0.25) is 0 Å². The van der Waals surface area contributed by atoms with E-state index in [9.17, 15) is 24.6 Å². The van der Waals surface area contributed by atoms with Crippen molar-refractivity contribution in [3.8, 4) is 0 Å². The summed E-state index contributed by atoms with van der Waals surface area (Å²) in [5.41, 5.74) is -1.36. The summed E-state index contributed by atoms with van der Waals surface area (Å²) < 4.78 is 11.5. The summed E-state index contributed by atoms with van der Waals surface area (Å²) in [6.45, 7) is 17.2. The highest BCUT2D eigenvalue weighted by atomic mass is 16.6. The number of rotatable bonds is 3. The fraction of sp³-hybridized carbons (Fsp3) is 0.567. The number of ketones is 1. The first-order chi connectivity index (χ1) is 17.2. The van der Waals surface area contributed by atoms with Crippen molar-refractivity contribution in [1.82, 2.24) is 0 Å². The van der Waals surface area contributed by atoms with Crippen LogP contribution in [0, 0.1) is 29.1 Å². The zero-order chi connectivity index (χ0) is 27.1. The number of carbonyl (C=O) groups excluding carboxylic acids is 3. The minimum absolute atomic E-state index is 0.0752. The Bertz CT molecular complexity index is 1180. The first-order valence-electron chi connectivity index (χ1n) is 13.1. The van der Waals surface area contributed by atoms with Crippen LogP contribution in [0.15, 0.2) is 60.3 Å². The van der Waals surface area contributed by atoms with Gasteiger partial charge in [-0.05, 0) is 86.5 Å². The molecular formula is C30H36O7. The first-order valence-corrected chi connectivity index (χ1v) is 13.1. The number of carbonyl (C=O) groups is 3. The number of ether oxygens (including phenoxy) is 2. The molecule has 7 heteroatoms. The van der Waals surface area contributed by atoms with Gasteiger partial charge in [-0.15, -0.1) is 0 Å². The molecule has 0 aromatic carbocycles. The average molecular weight is 509 g/mol. The molecule has 5 rings (SSSR count). The molecule has 7 nitrogen and oxygen atoms in total. The van der Waals surface area contributed by atoms with E-state index in [-0.39, 0.29) is 29.0 Å². The largest absolute Gasteiger partial charge is 0.458 e. The molecule has 1 saturated heterocycles.